The van der Waals surface area contributed by atoms with E-state index in [0.29, 0.717) is 5.56 Å². The molecule has 4 nitrogen and oxygen atoms in total. The lowest BCUT2D eigenvalue weighted by molar-refractivity contribution is 0.0939. The lowest BCUT2D eigenvalue weighted by Gasteiger charge is -2.32. The fraction of sp³-hybridized carbons (Fsp3) is 0.345. The van der Waals surface area contributed by atoms with Gasteiger partial charge in [-0.25, -0.2) is 0 Å². The highest BCUT2D eigenvalue weighted by atomic mass is 16.5. The molecule has 4 heteroatoms. The SMILES string of the molecule is COc1ccccc1C(C)NC(=O)c1ccc(CN2CCC(Cc3ccccc3)CC2)cc1. The topological polar surface area (TPSA) is 41.6 Å². The summed E-state index contributed by atoms with van der Waals surface area (Å²) in [5.41, 5.74) is 4.36. The summed E-state index contributed by atoms with van der Waals surface area (Å²) in [4.78, 5) is 15.3. The van der Waals surface area contributed by atoms with E-state index in [-0.39, 0.29) is 11.9 Å². The molecular formula is C29H34N2O2. The van der Waals surface area contributed by atoms with Crippen molar-refractivity contribution in [3.8, 4) is 5.75 Å². The predicted molar refractivity (Wildman–Crippen MR) is 133 cm³/mol. The van der Waals surface area contributed by atoms with Gasteiger partial charge < -0.3 is 10.1 Å². The van der Waals surface area contributed by atoms with Gasteiger partial charge in [0.2, 0.25) is 0 Å². The molecule has 3 aromatic rings. The molecule has 3 aromatic carbocycles. The lowest BCUT2D eigenvalue weighted by atomic mass is 9.90. The Kier molecular flexibility index (Phi) is 7.79. The van der Waals surface area contributed by atoms with Crippen LogP contribution in [0.5, 0.6) is 5.75 Å². The van der Waals surface area contributed by atoms with Gasteiger partial charge >= 0.3 is 0 Å². The molecule has 172 valence electrons. The molecular weight excluding hydrogens is 408 g/mol. The van der Waals surface area contributed by atoms with Gasteiger partial charge in [0.15, 0.2) is 0 Å². The Bertz CT molecular complexity index is 1030. The average Bonchev–Trinajstić information content (AvgIpc) is 2.86. The van der Waals surface area contributed by atoms with Gasteiger partial charge in [0.1, 0.15) is 5.75 Å². The van der Waals surface area contributed by atoms with Gasteiger partial charge in [-0.05, 0) is 74.5 Å². The second kappa shape index (κ2) is 11.2. The molecule has 0 spiro atoms. The van der Waals surface area contributed by atoms with Crippen molar-refractivity contribution in [2.75, 3.05) is 20.2 Å². The molecule has 0 aromatic heterocycles. The molecule has 0 radical (unpaired) electrons. The van der Waals surface area contributed by atoms with Crippen molar-refractivity contribution in [2.24, 2.45) is 5.92 Å². The first-order valence-corrected chi connectivity index (χ1v) is 11.9. The third-order valence-corrected chi connectivity index (χ3v) is 6.65. The fourth-order valence-corrected chi connectivity index (χ4v) is 4.70. The van der Waals surface area contributed by atoms with Crippen LogP contribution in [0.1, 0.15) is 52.9 Å². The zero-order valence-electron chi connectivity index (χ0n) is 19.7. The molecule has 1 heterocycles. The number of carbonyl (C=O) groups is 1. The number of benzene rings is 3. The summed E-state index contributed by atoms with van der Waals surface area (Å²) < 4.78 is 5.42. The smallest absolute Gasteiger partial charge is 0.251 e. The number of methoxy groups -OCH3 is 1. The zero-order valence-corrected chi connectivity index (χ0v) is 19.7. The maximum absolute atomic E-state index is 12.8. The average molecular weight is 443 g/mol. The monoisotopic (exact) mass is 442 g/mol. The number of para-hydroxylation sites is 1. The van der Waals surface area contributed by atoms with Crippen LogP contribution in [0.4, 0.5) is 0 Å². The van der Waals surface area contributed by atoms with E-state index in [9.17, 15) is 4.79 Å². The van der Waals surface area contributed by atoms with E-state index in [1.807, 2.05) is 43.3 Å². The highest BCUT2D eigenvalue weighted by Crippen LogP contribution is 2.25. The quantitative estimate of drug-likeness (QED) is 0.491. The molecule has 1 atom stereocenters. The van der Waals surface area contributed by atoms with Crippen LogP contribution in [0.15, 0.2) is 78.9 Å². The van der Waals surface area contributed by atoms with E-state index < -0.39 is 0 Å². The van der Waals surface area contributed by atoms with Crippen molar-refractivity contribution in [1.29, 1.82) is 0 Å². The number of piperidine rings is 1. The number of likely N-dealkylation sites (tertiary alicyclic amines) is 1. The van der Waals surface area contributed by atoms with Crippen LogP contribution in [0.25, 0.3) is 0 Å². The first kappa shape index (κ1) is 23.1. The number of hydrogen-bond donors (Lipinski definition) is 1. The molecule has 1 aliphatic heterocycles. The molecule has 4 rings (SSSR count). The summed E-state index contributed by atoms with van der Waals surface area (Å²) in [7, 11) is 1.65. The van der Waals surface area contributed by atoms with Crippen molar-refractivity contribution < 1.29 is 9.53 Å². The molecule has 1 unspecified atom stereocenters. The number of hydrogen-bond acceptors (Lipinski definition) is 3. The van der Waals surface area contributed by atoms with Gasteiger partial charge in [0.25, 0.3) is 5.91 Å². The van der Waals surface area contributed by atoms with E-state index in [2.05, 4.69) is 52.7 Å². The van der Waals surface area contributed by atoms with Crippen LogP contribution in [-0.2, 0) is 13.0 Å². The molecule has 1 amide bonds. The van der Waals surface area contributed by atoms with Crippen LogP contribution in [0.3, 0.4) is 0 Å². The van der Waals surface area contributed by atoms with Gasteiger partial charge in [-0.3, -0.25) is 9.69 Å². The Hall–Kier alpha value is -3.11. The first-order chi connectivity index (χ1) is 16.1. The molecule has 33 heavy (non-hydrogen) atoms. The second-order valence-electron chi connectivity index (χ2n) is 9.04. The normalized spacial score (nSPS) is 15.7. The minimum absolute atomic E-state index is 0.0679. The van der Waals surface area contributed by atoms with E-state index >= 15 is 0 Å². The number of nitrogens with zero attached hydrogens (tertiary/aromatic N) is 1. The molecule has 1 fully saturated rings. The molecule has 0 aliphatic carbocycles. The predicted octanol–water partition coefficient (Wildman–Crippen LogP) is 5.64. The van der Waals surface area contributed by atoms with Gasteiger partial charge in [0.05, 0.1) is 13.2 Å². The van der Waals surface area contributed by atoms with Gasteiger partial charge in [-0.1, -0.05) is 60.7 Å². The Labute approximate surface area is 197 Å². The first-order valence-electron chi connectivity index (χ1n) is 11.9. The number of rotatable bonds is 8. The van der Waals surface area contributed by atoms with Gasteiger partial charge in [-0.2, -0.15) is 0 Å². The standard InChI is InChI=1S/C29H34N2O2/c1-22(27-10-6-7-11-28(27)33-2)30-29(32)26-14-12-25(13-15-26)21-31-18-16-24(17-19-31)20-23-8-4-3-5-9-23/h3-15,22,24H,16-21H2,1-2H3,(H,30,32). The third-order valence-electron chi connectivity index (χ3n) is 6.65. The molecule has 0 bridgehead atoms. The number of ether oxygens (including phenoxy) is 1. The molecule has 0 saturated carbocycles. The Morgan fingerprint density at radius 1 is 0.939 bits per heavy atom. The summed E-state index contributed by atoms with van der Waals surface area (Å²) in [5, 5.41) is 3.08. The fourth-order valence-electron chi connectivity index (χ4n) is 4.70. The minimum Gasteiger partial charge on any atom is -0.496 e. The maximum Gasteiger partial charge on any atom is 0.251 e. The summed E-state index contributed by atoms with van der Waals surface area (Å²) >= 11 is 0. The van der Waals surface area contributed by atoms with Crippen LogP contribution < -0.4 is 10.1 Å². The van der Waals surface area contributed by atoms with Gasteiger partial charge in [0, 0.05) is 17.7 Å². The maximum atomic E-state index is 12.8. The highest BCUT2D eigenvalue weighted by Gasteiger charge is 2.20. The van der Waals surface area contributed by atoms with E-state index in [0.717, 1.165) is 36.9 Å². The van der Waals surface area contributed by atoms with Gasteiger partial charge in [-0.15, -0.1) is 0 Å². The summed E-state index contributed by atoms with van der Waals surface area (Å²) in [5.74, 6) is 1.50. The Morgan fingerprint density at radius 3 is 2.30 bits per heavy atom. The highest BCUT2D eigenvalue weighted by molar-refractivity contribution is 5.94. The van der Waals surface area contributed by atoms with Crippen molar-refractivity contribution in [3.63, 3.8) is 0 Å². The van der Waals surface area contributed by atoms with Crippen molar-refractivity contribution in [2.45, 2.75) is 38.8 Å². The lowest BCUT2D eigenvalue weighted by Crippen LogP contribution is -2.33. The Morgan fingerprint density at radius 2 is 1.61 bits per heavy atom. The number of amides is 1. The van der Waals surface area contributed by atoms with E-state index in [1.54, 1.807) is 7.11 Å². The van der Waals surface area contributed by atoms with E-state index in [4.69, 9.17) is 4.74 Å². The summed E-state index contributed by atoms with van der Waals surface area (Å²) in [6.07, 6.45) is 3.68. The second-order valence-corrected chi connectivity index (χ2v) is 9.04. The van der Waals surface area contributed by atoms with Crippen LogP contribution in [-0.4, -0.2) is 31.0 Å². The largest absolute Gasteiger partial charge is 0.496 e. The summed E-state index contributed by atoms with van der Waals surface area (Å²) in [6, 6.07) is 26.5. The van der Waals surface area contributed by atoms with E-state index in [1.165, 1.54) is 30.4 Å². The molecule has 1 saturated heterocycles. The van der Waals surface area contributed by atoms with Crippen LogP contribution in [0, 0.1) is 5.92 Å². The Balaban J connectivity index is 1.26. The van der Waals surface area contributed by atoms with Crippen molar-refractivity contribution in [1.82, 2.24) is 10.2 Å². The minimum atomic E-state index is -0.134. The zero-order chi connectivity index (χ0) is 23.0. The van der Waals surface area contributed by atoms with Crippen LogP contribution >= 0.6 is 0 Å². The number of nitrogens with one attached hydrogen (secondary N) is 1. The summed E-state index contributed by atoms with van der Waals surface area (Å²) in [6.45, 7) is 5.19. The third kappa shape index (κ3) is 6.23. The molecule has 1 aliphatic rings. The van der Waals surface area contributed by atoms with Crippen molar-refractivity contribution in [3.05, 3.63) is 101 Å². The van der Waals surface area contributed by atoms with Crippen molar-refractivity contribution >= 4 is 5.91 Å². The van der Waals surface area contributed by atoms with Crippen LogP contribution in [0.2, 0.25) is 0 Å². The molecule has 1 N–H and O–H groups in total. The number of carbonyl (C=O) groups excluding carboxylic acids is 1.